The van der Waals surface area contributed by atoms with Gasteiger partial charge >= 0.3 is 0 Å². The lowest BCUT2D eigenvalue weighted by molar-refractivity contribution is 0.517. The molecule has 0 fully saturated rings. The number of nitrogens with one attached hydrogen (secondary N) is 1. The lowest BCUT2D eigenvalue weighted by atomic mass is 10.1. The molecule has 4 aromatic rings. The molecule has 4 aromatic heterocycles. The van der Waals surface area contributed by atoms with Crippen LogP contribution in [0.3, 0.4) is 0 Å². The SMILES string of the molecule is CCCc1oc2c(NCc3ccco3)cc(Cl)nc2c1-c1nnco1. The molecule has 7 nitrogen and oxygen atoms in total. The summed E-state index contributed by atoms with van der Waals surface area (Å²) in [7, 11) is 0. The molecule has 0 radical (unpaired) electrons. The first-order chi connectivity index (χ1) is 12.3. The highest BCUT2D eigenvalue weighted by Crippen LogP contribution is 2.38. The second kappa shape index (κ2) is 6.60. The van der Waals surface area contributed by atoms with Crippen LogP contribution in [-0.4, -0.2) is 15.2 Å². The van der Waals surface area contributed by atoms with Crippen molar-refractivity contribution in [1.29, 1.82) is 0 Å². The molecule has 0 aliphatic carbocycles. The molecule has 0 amide bonds. The van der Waals surface area contributed by atoms with Crippen molar-refractivity contribution in [2.45, 2.75) is 26.3 Å². The monoisotopic (exact) mass is 358 g/mol. The number of aryl methyl sites for hydroxylation is 1. The molecule has 4 rings (SSSR count). The lowest BCUT2D eigenvalue weighted by Gasteiger charge is -2.05. The summed E-state index contributed by atoms with van der Waals surface area (Å²) < 4.78 is 16.8. The Morgan fingerprint density at radius 3 is 2.92 bits per heavy atom. The number of pyridine rings is 1. The second-order valence-electron chi connectivity index (χ2n) is 5.50. The van der Waals surface area contributed by atoms with Crippen molar-refractivity contribution in [1.82, 2.24) is 15.2 Å². The van der Waals surface area contributed by atoms with E-state index < -0.39 is 0 Å². The fourth-order valence-electron chi connectivity index (χ4n) is 2.71. The molecule has 8 heteroatoms. The Hall–Kier alpha value is -2.80. The molecule has 25 heavy (non-hydrogen) atoms. The van der Waals surface area contributed by atoms with Gasteiger partial charge in [0.25, 0.3) is 5.89 Å². The van der Waals surface area contributed by atoms with Gasteiger partial charge in [-0.2, -0.15) is 0 Å². The molecule has 0 spiro atoms. The summed E-state index contributed by atoms with van der Waals surface area (Å²) in [6, 6.07) is 5.46. The van der Waals surface area contributed by atoms with E-state index in [1.165, 1.54) is 6.39 Å². The van der Waals surface area contributed by atoms with Crippen LogP contribution in [0.2, 0.25) is 5.15 Å². The van der Waals surface area contributed by atoms with Crippen LogP contribution in [0.1, 0.15) is 24.9 Å². The number of hydrogen-bond acceptors (Lipinski definition) is 7. The van der Waals surface area contributed by atoms with Gasteiger partial charge in [0.15, 0.2) is 5.58 Å². The van der Waals surface area contributed by atoms with Gasteiger partial charge in [0.05, 0.1) is 18.5 Å². The average molecular weight is 359 g/mol. The third kappa shape index (κ3) is 2.98. The van der Waals surface area contributed by atoms with E-state index in [-0.39, 0.29) is 0 Å². The maximum Gasteiger partial charge on any atom is 0.253 e. The fraction of sp³-hybridized carbons (Fsp3) is 0.235. The van der Waals surface area contributed by atoms with E-state index in [0.717, 1.165) is 30.0 Å². The number of hydrogen-bond donors (Lipinski definition) is 1. The molecule has 0 aliphatic rings. The summed E-state index contributed by atoms with van der Waals surface area (Å²) >= 11 is 6.22. The van der Waals surface area contributed by atoms with E-state index in [1.54, 1.807) is 12.3 Å². The first-order valence-corrected chi connectivity index (χ1v) is 8.28. The predicted octanol–water partition coefficient (Wildman–Crippen LogP) is 4.69. The molecule has 0 aliphatic heterocycles. The topological polar surface area (TPSA) is 90.1 Å². The normalized spacial score (nSPS) is 11.3. The first kappa shape index (κ1) is 15.7. The Morgan fingerprint density at radius 2 is 2.20 bits per heavy atom. The molecule has 0 unspecified atom stereocenters. The van der Waals surface area contributed by atoms with Gasteiger partial charge in [-0.05, 0) is 18.6 Å². The Bertz CT molecular complexity index is 977. The highest BCUT2D eigenvalue weighted by atomic mass is 35.5. The molecule has 1 N–H and O–H groups in total. The number of rotatable bonds is 6. The molecule has 0 saturated heterocycles. The van der Waals surface area contributed by atoms with Crippen molar-refractivity contribution < 1.29 is 13.3 Å². The van der Waals surface area contributed by atoms with Gasteiger partial charge in [0.2, 0.25) is 6.39 Å². The van der Waals surface area contributed by atoms with Gasteiger partial charge in [0, 0.05) is 12.5 Å². The summed E-state index contributed by atoms with van der Waals surface area (Å²) in [5.74, 6) is 1.92. The Morgan fingerprint density at radius 1 is 1.28 bits per heavy atom. The number of fused-ring (bicyclic) bond motifs is 1. The minimum atomic E-state index is 0.346. The first-order valence-electron chi connectivity index (χ1n) is 7.91. The zero-order chi connectivity index (χ0) is 17.2. The maximum absolute atomic E-state index is 6.22. The van der Waals surface area contributed by atoms with Gasteiger partial charge < -0.3 is 18.6 Å². The number of nitrogens with zero attached hydrogens (tertiary/aromatic N) is 3. The van der Waals surface area contributed by atoms with Crippen LogP contribution in [0.5, 0.6) is 0 Å². The summed E-state index contributed by atoms with van der Waals surface area (Å²) in [5.41, 5.74) is 2.63. The summed E-state index contributed by atoms with van der Waals surface area (Å²) in [5, 5.41) is 11.4. The van der Waals surface area contributed by atoms with Crippen molar-refractivity contribution in [3.8, 4) is 11.5 Å². The van der Waals surface area contributed by atoms with E-state index in [9.17, 15) is 0 Å². The molecular weight excluding hydrogens is 344 g/mol. The molecule has 128 valence electrons. The van der Waals surface area contributed by atoms with Crippen LogP contribution in [0.25, 0.3) is 22.6 Å². The van der Waals surface area contributed by atoms with Gasteiger partial charge in [-0.3, -0.25) is 0 Å². The van der Waals surface area contributed by atoms with Crippen molar-refractivity contribution in [3.05, 3.63) is 47.5 Å². The Balaban J connectivity index is 1.83. The summed E-state index contributed by atoms with van der Waals surface area (Å²) in [6.07, 6.45) is 4.55. The Kier molecular flexibility index (Phi) is 4.15. The third-order valence-electron chi connectivity index (χ3n) is 3.77. The number of furan rings is 2. The van der Waals surface area contributed by atoms with Crippen LogP contribution in [0.15, 0.2) is 44.1 Å². The van der Waals surface area contributed by atoms with Gasteiger partial charge in [-0.15, -0.1) is 10.2 Å². The lowest BCUT2D eigenvalue weighted by Crippen LogP contribution is -1.99. The van der Waals surface area contributed by atoms with E-state index in [1.807, 2.05) is 12.1 Å². The minimum absolute atomic E-state index is 0.346. The molecular formula is C17H15ClN4O3. The zero-order valence-corrected chi connectivity index (χ0v) is 14.2. The van der Waals surface area contributed by atoms with Gasteiger partial charge in [0.1, 0.15) is 27.8 Å². The summed E-state index contributed by atoms with van der Waals surface area (Å²) in [6.45, 7) is 2.57. The number of anilines is 1. The second-order valence-corrected chi connectivity index (χ2v) is 5.88. The van der Waals surface area contributed by atoms with Crippen molar-refractivity contribution >= 4 is 28.4 Å². The standard InChI is InChI=1S/C17H15ClN4O3/c1-2-4-12-14(17-22-20-9-24-17)15-16(25-12)11(7-13(18)21-15)19-8-10-5-3-6-23-10/h3,5-7,9H,2,4,8H2,1H3,(H,19,21). The molecule has 0 atom stereocenters. The fourth-order valence-corrected chi connectivity index (χ4v) is 2.91. The molecule has 4 heterocycles. The smallest absolute Gasteiger partial charge is 0.253 e. The van der Waals surface area contributed by atoms with Crippen LogP contribution in [0, 0.1) is 0 Å². The van der Waals surface area contributed by atoms with E-state index in [0.29, 0.717) is 34.3 Å². The van der Waals surface area contributed by atoms with Crippen LogP contribution >= 0.6 is 11.6 Å². The number of halogens is 1. The highest BCUT2D eigenvalue weighted by molar-refractivity contribution is 6.30. The zero-order valence-electron chi connectivity index (χ0n) is 13.5. The largest absolute Gasteiger partial charge is 0.467 e. The Labute approximate surface area is 148 Å². The van der Waals surface area contributed by atoms with E-state index in [2.05, 4.69) is 27.4 Å². The summed E-state index contributed by atoms with van der Waals surface area (Å²) in [4.78, 5) is 4.42. The van der Waals surface area contributed by atoms with Crippen molar-refractivity contribution in [2.24, 2.45) is 0 Å². The third-order valence-corrected chi connectivity index (χ3v) is 3.96. The molecule has 0 saturated carbocycles. The van der Waals surface area contributed by atoms with Gasteiger partial charge in [-0.1, -0.05) is 18.5 Å². The predicted molar refractivity (Wildman–Crippen MR) is 92.3 cm³/mol. The van der Waals surface area contributed by atoms with Crippen molar-refractivity contribution in [2.75, 3.05) is 5.32 Å². The maximum atomic E-state index is 6.22. The molecule has 0 aromatic carbocycles. The van der Waals surface area contributed by atoms with Crippen LogP contribution in [0.4, 0.5) is 5.69 Å². The minimum Gasteiger partial charge on any atom is -0.467 e. The highest BCUT2D eigenvalue weighted by Gasteiger charge is 2.23. The molecule has 0 bridgehead atoms. The quantitative estimate of drug-likeness (QED) is 0.500. The van der Waals surface area contributed by atoms with Gasteiger partial charge in [-0.25, -0.2) is 4.98 Å². The number of aromatic nitrogens is 3. The van der Waals surface area contributed by atoms with Crippen molar-refractivity contribution in [3.63, 3.8) is 0 Å². The van der Waals surface area contributed by atoms with Crippen LogP contribution in [-0.2, 0) is 13.0 Å². The van der Waals surface area contributed by atoms with E-state index >= 15 is 0 Å². The average Bonchev–Trinajstić information content (AvgIpc) is 3.33. The van der Waals surface area contributed by atoms with E-state index in [4.69, 9.17) is 24.9 Å². The van der Waals surface area contributed by atoms with Crippen LogP contribution < -0.4 is 5.32 Å².